The van der Waals surface area contributed by atoms with Gasteiger partial charge in [0.05, 0.1) is 5.39 Å². The summed E-state index contributed by atoms with van der Waals surface area (Å²) >= 11 is 0. The first-order valence-electron chi connectivity index (χ1n) is 4.79. The minimum absolute atomic E-state index is 0.777. The molecule has 14 heavy (non-hydrogen) atoms. The predicted octanol–water partition coefficient (Wildman–Crippen LogP) is 1.56. The van der Waals surface area contributed by atoms with Crippen molar-refractivity contribution < 1.29 is 0 Å². The molecule has 0 aliphatic heterocycles. The molecule has 5 heteroatoms. The zero-order valence-corrected chi connectivity index (χ0v) is 8.12. The molecule has 0 bridgehead atoms. The van der Waals surface area contributed by atoms with Crippen molar-refractivity contribution in [2.75, 3.05) is 11.9 Å². The Labute approximate surface area is 82.0 Å². The Kier molecular flexibility index (Phi) is 2.58. The lowest BCUT2D eigenvalue weighted by atomic mass is 10.3. The summed E-state index contributed by atoms with van der Waals surface area (Å²) in [5, 5.41) is 11.2. The van der Waals surface area contributed by atoms with Gasteiger partial charge in [-0.15, -0.1) is 0 Å². The average molecular weight is 191 g/mol. The van der Waals surface area contributed by atoms with E-state index in [9.17, 15) is 0 Å². The van der Waals surface area contributed by atoms with Gasteiger partial charge in [-0.05, 0) is 6.42 Å². The lowest BCUT2D eigenvalue weighted by Gasteiger charge is -2.00. The highest BCUT2D eigenvalue weighted by atomic mass is 15.2. The van der Waals surface area contributed by atoms with Gasteiger partial charge in [-0.1, -0.05) is 13.3 Å². The van der Waals surface area contributed by atoms with Crippen molar-refractivity contribution in [3.8, 4) is 0 Å². The van der Waals surface area contributed by atoms with Crippen LogP contribution in [0, 0.1) is 0 Å². The maximum Gasteiger partial charge on any atom is 0.160 e. The van der Waals surface area contributed by atoms with E-state index >= 15 is 0 Å². The van der Waals surface area contributed by atoms with Crippen molar-refractivity contribution in [1.82, 2.24) is 20.2 Å². The van der Waals surface area contributed by atoms with E-state index in [4.69, 9.17) is 0 Å². The zero-order chi connectivity index (χ0) is 9.80. The van der Waals surface area contributed by atoms with E-state index in [1.807, 2.05) is 0 Å². The number of aromatic nitrogens is 4. The van der Waals surface area contributed by atoms with E-state index < -0.39 is 0 Å². The largest absolute Gasteiger partial charge is 0.368 e. The number of rotatable bonds is 4. The Balaban J connectivity index is 2.17. The van der Waals surface area contributed by atoms with E-state index in [1.165, 1.54) is 12.7 Å². The van der Waals surface area contributed by atoms with E-state index in [0.29, 0.717) is 0 Å². The van der Waals surface area contributed by atoms with Crippen LogP contribution in [0.3, 0.4) is 0 Å². The second kappa shape index (κ2) is 4.04. The summed E-state index contributed by atoms with van der Waals surface area (Å²) in [6.07, 6.45) is 5.59. The fourth-order valence-electron chi connectivity index (χ4n) is 1.28. The van der Waals surface area contributed by atoms with Gasteiger partial charge in [0, 0.05) is 12.7 Å². The molecule has 0 amide bonds. The molecule has 0 saturated carbocycles. The SMILES string of the molecule is CCCCNc1n[nH]c2ncncc12. The Morgan fingerprint density at radius 3 is 3.29 bits per heavy atom. The third-order valence-corrected chi connectivity index (χ3v) is 2.06. The third-order valence-electron chi connectivity index (χ3n) is 2.06. The van der Waals surface area contributed by atoms with Crippen molar-refractivity contribution in [1.29, 1.82) is 0 Å². The minimum atomic E-state index is 0.777. The summed E-state index contributed by atoms with van der Waals surface area (Å²) in [5.74, 6) is 0.842. The molecule has 2 heterocycles. The third kappa shape index (κ3) is 1.66. The number of aromatic amines is 1. The highest BCUT2D eigenvalue weighted by Crippen LogP contribution is 2.16. The summed E-state index contributed by atoms with van der Waals surface area (Å²) in [7, 11) is 0. The van der Waals surface area contributed by atoms with Crippen LogP contribution in [-0.4, -0.2) is 26.7 Å². The molecular weight excluding hydrogens is 178 g/mol. The van der Waals surface area contributed by atoms with Crippen LogP contribution in [0.1, 0.15) is 19.8 Å². The molecule has 0 saturated heterocycles. The average Bonchev–Trinajstić information content (AvgIpc) is 2.63. The van der Waals surface area contributed by atoms with Gasteiger partial charge in [-0.3, -0.25) is 5.10 Å². The van der Waals surface area contributed by atoms with Crippen molar-refractivity contribution in [2.24, 2.45) is 0 Å². The Bertz CT molecular complexity index is 408. The van der Waals surface area contributed by atoms with E-state index in [0.717, 1.165) is 29.8 Å². The van der Waals surface area contributed by atoms with Crippen molar-refractivity contribution in [3.05, 3.63) is 12.5 Å². The van der Waals surface area contributed by atoms with Crippen LogP contribution in [0.5, 0.6) is 0 Å². The molecule has 2 rings (SSSR count). The second-order valence-electron chi connectivity index (χ2n) is 3.14. The van der Waals surface area contributed by atoms with Crippen molar-refractivity contribution in [2.45, 2.75) is 19.8 Å². The maximum absolute atomic E-state index is 4.13. The first kappa shape index (κ1) is 8.93. The summed E-state index contributed by atoms with van der Waals surface area (Å²) in [6.45, 7) is 3.10. The molecular formula is C9H13N5. The van der Waals surface area contributed by atoms with Crippen LogP contribution < -0.4 is 5.32 Å². The van der Waals surface area contributed by atoms with Crippen LogP contribution in [-0.2, 0) is 0 Å². The molecule has 5 nitrogen and oxygen atoms in total. The Morgan fingerprint density at radius 1 is 1.50 bits per heavy atom. The fraction of sp³-hybridized carbons (Fsp3) is 0.444. The highest BCUT2D eigenvalue weighted by molar-refractivity contribution is 5.85. The Morgan fingerprint density at radius 2 is 2.43 bits per heavy atom. The molecule has 0 aliphatic rings. The number of H-pyrrole nitrogens is 1. The number of fused-ring (bicyclic) bond motifs is 1. The smallest absolute Gasteiger partial charge is 0.160 e. The molecule has 2 aromatic rings. The first-order valence-corrected chi connectivity index (χ1v) is 4.79. The molecule has 0 fully saturated rings. The molecule has 0 aromatic carbocycles. The summed E-state index contributed by atoms with van der Waals surface area (Å²) in [4.78, 5) is 8.02. The van der Waals surface area contributed by atoms with Gasteiger partial charge in [-0.25, -0.2) is 9.97 Å². The molecule has 74 valence electrons. The van der Waals surface area contributed by atoms with Gasteiger partial charge in [0.25, 0.3) is 0 Å². The topological polar surface area (TPSA) is 66.5 Å². The Hall–Kier alpha value is -1.65. The van der Waals surface area contributed by atoms with Gasteiger partial charge in [0.2, 0.25) is 0 Å². The number of nitrogens with zero attached hydrogens (tertiary/aromatic N) is 3. The summed E-state index contributed by atoms with van der Waals surface area (Å²) < 4.78 is 0. The van der Waals surface area contributed by atoms with Gasteiger partial charge in [0.1, 0.15) is 6.33 Å². The molecule has 0 atom stereocenters. The van der Waals surface area contributed by atoms with Crippen LogP contribution in [0.4, 0.5) is 5.82 Å². The monoisotopic (exact) mass is 191 g/mol. The first-order chi connectivity index (χ1) is 6.92. The van der Waals surface area contributed by atoms with Crippen molar-refractivity contribution in [3.63, 3.8) is 0 Å². The fourth-order valence-corrected chi connectivity index (χ4v) is 1.28. The normalized spacial score (nSPS) is 10.6. The number of anilines is 1. The molecule has 2 N–H and O–H groups in total. The predicted molar refractivity (Wildman–Crippen MR) is 55.1 cm³/mol. The van der Waals surface area contributed by atoms with Crippen LogP contribution >= 0.6 is 0 Å². The van der Waals surface area contributed by atoms with Crippen LogP contribution in [0.25, 0.3) is 11.0 Å². The number of nitrogens with one attached hydrogen (secondary N) is 2. The summed E-state index contributed by atoms with van der Waals surface area (Å²) in [6, 6.07) is 0. The molecule has 2 aromatic heterocycles. The van der Waals surface area contributed by atoms with Crippen molar-refractivity contribution >= 4 is 16.9 Å². The molecule has 0 unspecified atom stereocenters. The van der Waals surface area contributed by atoms with E-state index in [1.54, 1.807) is 6.20 Å². The molecule has 0 radical (unpaired) electrons. The number of unbranched alkanes of at least 4 members (excludes halogenated alkanes) is 1. The molecule has 0 aliphatic carbocycles. The van der Waals surface area contributed by atoms with Gasteiger partial charge in [-0.2, -0.15) is 5.10 Å². The minimum Gasteiger partial charge on any atom is -0.368 e. The van der Waals surface area contributed by atoms with E-state index in [2.05, 4.69) is 32.4 Å². The van der Waals surface area contributed by atoms with Gasteiger partial charge < -0.3 is 5.32 Å². The second-order valence-corrected chi connectivity index (χ2v) is 3.14. The van der Waals surface area contributed by atoms with Gasteiger partial charge >= 0.3 is 0 Å². The maximum atomic E-state index is 4.13. The summed E-state index contributed by atoms with van der Waals surface area (Å²) in [5.41, 5.74) is 0.777. The number of hydrogen-bond acceptors (Lipinski definition) is 4. The standard InChI is InChI=1S/C9H13N5/c1-2-3-4-11-8-7-5-10-6-12-9(7)14-13-8/h5-6H,2-4H2,1H3,(H2,10,11,12,13,14). The van der Waals surface area contributed by atoms with Crippen LogP contribution in [0.2, 0.25) is 0 Å². The zero-order valence-electron chi connectivity index (χ0n) is 8.12. The molecule has 0 spiro atoms. The van der Waals surface area contributed by atoms with E-state index in [-0.39, 0.29) is 0 Å². The highest BCUT2D eigenvalue weighted by Gasteiger charge is 2.04. The lowest BCUT2D eigenvalue weighted by molar-refractivity contribution is 0.830. The number of hydrogen-bond donors (Lipinski definition) is 2. The van der Waals surface area contributed by atoms with Gasteiger partial charge in [0.15, 0.2) is 11.5 Å². The lowest BCUT2D eigenvalue weighted by Crippen LogP contribution is -2.01. The quantitative estimate of drug-likeness (QED) is 0.720. The van der Waals surface area contributed by atoms with Crippen LogP contribution in [0.15, 0.2) is 12.5 Å².